The molecule has 2 aromatic rings. The zero-order valence-electron chi connectivity index (χ0n) is 14.1. The van der Waals surface area contributed by atoms with Gasteiger partial charge in [-0.15, -0.1) is 5.10 Å². The van der Waals surface area contributed by atoms with E-state index in [1.165, 1.54) is 18.4 Å². The Hall–Kier alpha value is -2.30. The summed E-state index contributed by atoms with van der Waals surface area (Å²) in [6, 6.07) is 10.3. The van der Waals surface area contributed by atoms with E-state index in [0.29, 0.717) is 12.5 Å². The Morgan fingerprint density at radius 2 is 2.04 bits per heavy atom. The van der Waals surface area contributed by atoms with Crippen LogP contribution in [0.5, 0.6) is 11.5 Å². The van der Waals surface area contributed by atoms with E-state index in [9.17, 15) is 0 Å². The zero-order chi connectivity index (χ0) is 16.4. The first kappa shape index (κ1) is 15.2. The Kier molecular flexibility index (Phi) is 4.24. The molecule has 24 heavy (non-hydrogen) atoms. The molecule has 0 bridgehead atoms. The van der Waals surface area contributed by atoms with Crippen LogP contribution < -0.4 is 14.4 Å². The van der Waals surface area contributed by atoms with Gasteiger partial charge in [0.05, 0.1) is 19.4 Å². The first-order valence-corrected chi connectivity index (χ1v) is 8.69. The highest BCUT2D eigenvalue weighted by atomic mass is 16.5. The molecular weight excluding hydrogens is 302 g/mol. The SMILES string of the molecule is COc1cccc2c1OC[C@@H](Cc1ccc(N3CCCC3)nn1)C2. The smallest absolute Gasteiger partial charge is 0.164 e. The monoisotopic (exact) mass is 325 g/mol. The maximum absolute atomic E-state index is 5.95. The molecule has 0 spiro atoms. The van der Waals surface area contributed by atoms with Crippen molar-refractivity contribution in [1.82, 2.24) is 10.2 Å². The van der Waals surface area contributed by atoms with Gasteiger partial charge < -0.3 is 14.4 Å². The number of rotatable bonds is 4. The molecule has 2 aliphatic heterocycles. The van der Waals surface area contributed by atoms with Crippen molar-refractivity contribution in [1.29, 1.82) is 0 Å². The van der Waals surface area contributed by atoms with Crippen molar-refractivity contribution in [3.63, 3.8) is 0 Å². The summed E-state index contributed by atoms with van der Waals surface area (Å²) in [7, 11) is 1.68. The third kappa shape index (κ3) is 3.03. The summed E-state index contributed by atoms with van der Waals surface area (Å²) in [6.07, 6.45) is 4.39. The normalized spacial score (nSPS) is 19.7. The van der Waals surface area contributed by atoms with Crippen LogP contribution in [0, 0.1) is 5.92 Å². The van der Waals surface area contributed by atoms with Crippen molar-refractivity contribution in [2.75, 3.05) is 31.7 Å². The minimum absolute atomic E-state index is 0.427. The number of hydrogen-bond donors (Lipinski definition) is 0. The van der Waals surface area contributed by atoms with E-state index in [-0.39, 0.29) is 0 Å². The molecule has 1 saturated heterocycles. The van der Waals surface area contributed by atoms with Gasteiger partial charge in [0, 0.05) is 19.0 Å². The molecule has 1 aromatic heterocycles. The summed E-state index contributed by atoms with van der Waals surface area (Å²) in [5, 5.41) is 8.85. The second-order valence-corrected chi connectivity index (χ2v) is 6.61. The van der Waals surface area contributed by atoms with Crippen molar-refractivity contribution >= 4 is 5.82 Å². The van der Waals surface area contributed by atoms with Gasteiger partial charge in [-0.05, 0) is 49.4 Å². The highest BCUT2D eigenvalue weighted by molar-refractivity contribution is 5.47. The van der Waals surface area contributed by atoms with E-state index in [2.05, 4.69) is 33.3 Å². The van der Waals surface area contributed by atoms with Crippen LogP contribution in [0.3, 0.4) is 0 Å². The van der Waals surface area contributed by atoms with Gasteiger partial charge in [-0.2, -0.15) is 5.10 Å². The second-order valence-electron chi connectivity index (χ2n) is 6.61. The first-order chi connectivity index (χ1) is 11.8. The van der Waals surface area contributed by atoms with Gasteiger partial charge in [0.25, 0.3) is 0 Å². The van der Waals surface area contributed by atoms with Gasteiger partial charge in [0.2, 0.25) is 0 Å². The second kappa shape index (κ2) is 6.67. The van der Waals surface area contributed by atoms with Crippen molar-refractivity contribution in [3.05, 3.63) is 41.6 Å². The highest BCUT2D eigenvalue weighted by Crippen LogP contribution is 2.36. The van der Waals surface area contributed by atoms with Crippen molar-refractivity contribution in [2.45, 2.75) is 25.7 Å². The lowest BCUT2D eigenvalue weighted by atomic mass is 9.92. The lowest BCUT2D eigenvalue weighted by Gasteiger charge is -2.26. The molecule has 1 fully saturated rings. The van der Waals surface area contributed by atoms with E-state index in [1.54, 1.807) is 7.11 Å². The van der Waals surface area contributed by atoms with Gasteiger partial charge in [0.15, 0.2) is 17.3 Å². The maximum atomic E-state index is 5.95. The molecule has 0 amide bonds. The van der Waals surface area contributed by atoms with Crippen LogP contribution in [0.15, 0.2) is 30.3 Å². The van der Waals surface area contributed by atoms with Gasteiger partial charge in [-0.25, -0.2) is 0 Å². The summed E-state index contributed by atoms with van der Waals surface area (Å²) >= 11 is 0. The van der Waals surface area contributed by atoms with Crippen molar-refractivity contribution < 1.29 is 9.47 Å². The lowest BCUT2D eigenvalue weighted by molar-refractivity contribution is 0.210. The standard InChI is InChI=1S/C19H23N3O2/c1-23-17-6-4-5-15-11-14(13-24-19(15)17)12-16-7-8-18(21-20-16)22-9-2-3-10-22/h4-8,14H,2-3,9-13H2,1H3/t14-/m1/s1. The molecule has 0 saturated carbocycles. The zero-order valence-corrected chi connectivity index (χ0v) is 14.1. The molecule has 2 aliphatic rings. The molecule has 126 valence electrons. The molecule has 1 aromatic carbocycles. The van der Waals surface area contributed by atoms with E-state index in [1.807, 2.05) is 12.1 Å². The predicted octanol–water partition coefficient (Wildman–Crippen LogP) is 2.88. The lowest BCUT2D eigenvalue weighted by Crippen LogP contribution is -2.24. The van der Waals surface area contributed by atoms with Crippen LogP contribution in [0.4, 0.5) is 5.82 Å². The Balaban J connectivity index is 1.42. The van der Waals surface area contributed by atoms with Crippen LogP contribution in [0.2, 0.25) is 0 Å². The Morgan fingerprint density at radius 3 is 2.79 bits per heavy atom. The fourth-order valence-corrected chi connectivity index (χ4v) is 3.62. The fourth-order valence-electron chi connectivity index (χ4n) is 3.62. The molecule has 3 heterocycles. The number of aromatic nitrogens is 2. The predicted molar refractivity (Wildman–Crippen MR) is 92.9 cm³/mol. The van der Waals surface area contributed by atoms with E-state index in [0.717, 1.165) is 48.9 Å². The molecule has 0 unspecified atom stereocenters. The minimum atomic E-state index is 0.427. The molecule has 5 nitrogen and oxygen atoms in total. The number of anilines is 1. The van der Waals surface area contributed by atoms with Crippen LogP contribution >= 0.6 is 0 Å². The topological polar surface area (TPSA) is 47.5 Å². The van der Waals surface area contributed by atoms with E-state index in [4.69, 9.17) is 9.47 Å². The third-order valence-electron chi connectivity index (χ3n) is 4.89. The summed E-state index contributed by atoms with van der Waals surface area (Å²) < 4.78 is 11.3. The number of fused-ring (bicyclic) bond motifs is 1. The Bertz CT molecular complexity index is 696. The molecule has 1 atom stereocenters. The number of benzene rings is 1. The maximum Gasteiger partial charge on any atom is 0.164 e. The molecule has 0 N–H and O–H groups in total. The summed E-state index contributed by atoms with van der Waals surface area (Å²) in [5.41, 5.74) is 2.25. The largest absolute Gasteiger partial charge is 0.493 e. The summed E-state index contributed by atoms with van der Waals surface area (Å²) in [4.78, 5) is 2.31. The quantitative estimate of drug-likeness (QED) is 0.865. The van der Waals surface area contributed by atoms with Gasteiger partial charge >= 0.3 is 0 Å². The third-order valence-corrected chi connectivity index (χ3v) is 4.89. The van der Waals surface area contributed by atoms with E-state index < -0.39 is 0 Å². The molecular formula is C19H23N3O2. The van der Waals surface area contributed by atoms with Crippen molar-refractivity contribution in [2.24, 2.45) is 5.92 Å². The van der Waals surface area contributed by atoms with Crippen LogP contribution in [0.25, 0.3) is 0 Å². The number of ether oxygens (including phenoxy) is 2. The van der Waals surface area contributed by atoms with Gasteiger partial charge in [0.1, 0.15) is 0 Å². The van der Waals surface area contributed by atoms with E-state index >= 15 is 0 Å². The van der Waals surface area contributed by atoms with Crippen LogP contribution in [-0.4, -0.2) is 37.0 Å². The molecule has 0 aliphatic carbocycles. The average Bonchev–Trinajstić information content (AvgIpc) is 3.16. The van der Waals surface area contributed by atoms with Gasteiger partial charge in [-0.1, -0.05) is 12.1 Å². The Morgan fingerprint density at radius 1 is 1.17 bits per heavy atom. The molecule has 5 heteroatoms. The van der Waals surface area contributed by atoms with Crippen molar-refractivity contribution in [3.8, 4) is 11.5 Å². The number of nitrogens with zero attached hydrogens (tertiary/aromatic N) is 3. The molecule has 0 radical (unpaired) electrons. The minimum Gasteiger partial charge on any atom is -0.493 e. The molecule has 4 rings (SSSR count). The van der Waals surface area contributed by atoms with Crippen LogP contribution in [0.1, 0.15) is 24.1 Å². The average molecular weight is 325 g/mol. The summed E-state index contributed by atoms with van der Waals surface area (Å²) in [5.74, 6) is 3.15. The Labute approximate surface area is 142 Å². The fraction of sp³-hybridized carbons (Fsp3) is 0.474. The summed E-state index contributed by atoms with van der Waals surface area (Å²) in [6.45, 7) is 2.90. The number of para-hydroxylation sites is 1. The van der Waals surface area contributed by atoms with Crippen LogP contribution in [-0.2, 0) is 12.8 Å². The van der Waals surface area contributed by atoms with Gasteiger partial charge in [-0.3, -0.25) is 0 Å². The first-order valence-electron chi connectivity index (χ1n) is 8.69. The number of hydrogen-bond acceptors (Lipinski definition) is 5. The number of methoxy groups -OCH3 is 1. The highest BCUT2D eigenvalue weighted by Gasteiger charge is 2.23.